The van der Waals surface area contributed by atoms with Crippen molar-refractivity contribution in [1.82, 2.24) is 0 Å². The summed E-state index contributed by atoms with van der Waals surface area (Å²) in [5.41, 5.74) is 0.232. The third-order valence-electron chi connectivity index (χ3n) is 5.21. The predicted octanol–water partition coefficient (Wildman–Crippen LogP) is 6.88. The Labute approximate surface area is 134 Å². The van der Waals surface area contributed by atoms with Gasteiger partial charge in [-0.1, -0.05) is 97.8 Å². The molecule has 0 amide bonds. The zero-order valence-corrected chi connectivity index (χ0v) is 15.3. The molecule has 0 radical (unpaired) electrons. The van der Waals surface area contributed by atoms with Crippen LogP contribution in [0.2, 0.25) is 0 Å². The average Bonchev–Trinajstić information content (AvgIpc) is 2.52. The van der Waals surface area contributed by atoms with Gasteiger partial charge < -0.3 is 5.11 Å². The Morgan fingerprint density at radius 3 is 1.43 bits per heavy atom. The predicted molar refractivity (Wildman–Crippen MR) is 95.8 cm³/mol. The number of aliphatic hydroxyl groups excluding tert-OH is 1. The van der Waals surface area contributed by atoms with E-state index < -0.39 is 0 Å². The molecule has 1 heteroatoms. The monoisotopic (exact) mass is 298 g/mol. The molecule has 1 nitrogen and oxygen atoms in total. The maximum absolute atomic E-state index is 9.75. The van der Waals surface area contributed by atoms with Gasteiger partial charge in [-0.05, 0) is 24.7 Å². The summed E-state index contributed by atoms with van der Waals surface area (Å²) < 4.78 is 0. The summed E-state index contributed by atoms with van der Waals surface area (Å²) in [7, 11) is 0. The summed E-state index contributed by atoms with van der Waals surface area (Å²) in [5, 5.41) is 9.75. The first-order valence-corrected chi connectivity index (χ1v) is 9.85. The Hall–Kier alpha value is -0.0400. The van der Waals surface area contributed by atoms with Crippen LogP contribution in [-0.2, 0) is 0 Å². The molecular weight excluding hydrogens is 256 g/mol. The van der Waals surface area contributed by atoms with Gasteiger partial charge in [0.2, 0.25) is 0 Å². The summed E-state index contributed by atoms with van der Waals surface area (Å²) in [4.78, 5) is 0. The highest BCUT2D eigenvalue weighted by Crippen LogP contribution is 2.34. The molecule has 1 unspecified atom stereocenters. The van der Waals surface area contributed by atoms with Crippen LogP contribution in [0.4, 0.5) is 0 Å². The van der Waals surface area contributed by atoms with E-state index in [0.717, 1.165) is 6.42 Å². The average molecular weight is 299 g/mol. The Morgan fingerprint density at radius 1 is 0.571 bits per heavy atom. The quantitative estimate of drug-likeness (QED) is 0.308. The van der Waals surface area contributed by atoms with E-state index in [0.29, 0.717) is 6.61 Å². The standard InChI is InChI=1S/C20H42O/c1-4-7-9-10-11-12-13-14-15-16-18-20(6-3,19-21)17-8-5-2/h21H,4-19H2,1-3H3. The highest BCUT2D eigenvalue weighted by Gasteiger charge is 2.25. The molecule has 0 aliphatic carbocycles. The van der Waals surface area contributed by atoms with E-state index in [-0.39, 0.29) is 5.41 Å². The number of unbranched alkanes of at least 4 members (excludes halogenated alkanes) is 10. The Kier molecular flexibility index (Phi) is 14.9. The first kappa shape index (κ1) is 21.0. The fraction of sp³-hybridized carbons (Fsp3) is 1.00. The fourth-order valence-electron chi connectivity index (χ4n) is 3.29. The van der Waals surface area contributed by atoms with Crippen LogP contribution in [0, 0.1) is 5.41 Å². The van der Waals surface area contributed by atoms with Gasteiger partial charge in [-0.25, -0.2) is 0 Å². The van der Waals surface area contributed by atoms with Crippen molar-refractivity contribution in [2.24, 2.45) is 5.41 Å². The maximum atomic E-state index is 9.75. The molecule has 0 aliphatic heterocycles. The van der Waals surface area contributed by atoms with E-state index in [1.807, 2.05) is 0 Å². The third kappa shape index (κ3) is 11.2. The van der Waals surface area contributed by atoms with Gasteiger partial charge in [0.05, 0.1) is 0 Å². The largest absolute Gasteiger partial charge is 0.396 e. The minimum Gasteiger partial charge on any atom is -0.396 e. The second-order valence-corrected chi connectivity index (χ2v) is 7.05. The van der Waals surface area contributed by atoms with Crippen LogP contribution in [0.5, 0.6) is 0 Å². The molecule has 1 N–H and O–H groups in total. The molecule has 0 fully saturated rings. The first-order valence-electron chi connectivity index (χ1n) is 9.85. The lowest BCUT2D eigenvalue weighted by Gasteiger charge is -2.31. The van der Waals surface area contributed by atoms with Crippen molar-refractivity contribution < 1.29 is 5.11 Å². The highest BCUT2D eigenvalue weighted by molar-refractivity contribution is 4.77. The van der Waals surface area contributed by atoms with E-state index in [1.165, 1.54) is 89.9 Å². The van der Waals surface area contributed by atoms with Gasteiger partial charge in [0, 0.05) is 6.61 Å². The second-order valence-electron chi connectivity index (χ2n) is 7.05. The van der Waals surface area contributed by atoms with E-state index >= 15 is 0 Å². The van der Waals surface area contributed by atoms with Crippen LogP contribution < -0.4 is 0 Å². The second kappa shape index (κ2) is 14.9. The lowest BCUT2D eigenvalue weighted by molar-refractivity contribution is 0.0944. The van der Waals surface area contributed by atoms with Gasteiger partial charge >= 0.3 is 0 Å². The highest BCUT2D eigenvalue weighted by atomic mass is 16.3. The smallest absolute Gasteiger partial charge is 0.0487 e. The fourth-order valence-corrected chi connectivity index (χ4v) is 3.29. The normalized spacial score (nSPS) is 14.3. The molecule has 0 aromatic heterocycles. The lowest BCUT2D eigenvalue weighted by Crippen LogP contribution is -2.24. The third-order valence-corrected chi connectivity index (χ3v) is 5.21. The molecule has 128 valence electrons. The molecule has 0 saturated carbocycles. The number of hydrogen-bond donors (Lipinski definition) is 1. The molecule has 0 saturated heterocycles. The molecule has 0 spiro atoms. The Morgan fingerprint density at radius 2 is 1.00 bits per heavy atom. The first-order chi connectivity index (χ1) is 10.2. The van der Waals surface area contributed by atoms with Gasteiger partial charge in [-0.15, -0.1) is 0 Å². The molecule has 1 atom stereocenters. The van der Waals surface area contributed by atoms with Crippen molar-refractivity contribution in [1.29, 1.82) is 0 Å². The Bertz CT molecular complexity index is 196. The minimum absolute atomic E-state index is 0.232. The van der Waals surface area contributed by atoms with Crippen molar-refractivity contribution in [2.45, 2.75) is 117 Å². The van der Waals surface area contributed by atoms with E-state index in [2.05, 4.69) is 20.8 Å². The number of hydrogen-bond acceptors (Lipinski definition) is 1. The van der Waals surface area contributed by atoms with Crippen LogP contribution in [0.3, 0.4) is 0 Å². The maximum Gasteiger partial charge on any atom is 0.0487 e. The molecule has 0 rings (SSSR count). The molecule has 0 aliphatic rings. The van der Waals surface area contributed by atoms with Crippen LogP contribution >= 0.6 is 0 Å². The summed E-state index contributed by atoms with van der Waals surface area (Å²) >= 11 is 0. The van der Waals surface area contributed by atoms with Gasteiger partial charge in [-0.3, -0.25) is 0 Å². The van der Waals surface area contributed by atoms with Gasteiger partial charge in [-0.2, -0.15) is 0 Å². The van der Waals surface area contributed by atoms with Gasteiger partial charge in [0.15, 0.2) is 0 Å². The summed E-state index contributed by atoms with van der Waals surface area (Å²) in [6.45, 7) is 7.17. The molecule has 0 aromatic carbocycles. The van der Waals surface area contributed by atoms with Gasteiger partial charge in [0.25, 0.3) is 0 Å². The molecule has 21 heavy (non-hydrogen) atoms. The van der Waals surface area contributed by atoms with Crippen molar-refractivity contribution in [3.8, 4) is 0 Å². The lowest BCUT2D eigenvalue weighted by atomic mass is 9.76. The van der Waals surface area contributed by atoms with Crippen LogP contribution in [0.1, 0.15) is 117 Å². The van der Waals surface area contributed by atoms with E-state index in [1.54, 1.807) is 0 Å². The van der Waals surface area contributed by atoms with Crippen molar-refractivity contribution in [3.63, 3.8) is 0 Å². The van der Waals surface area contributed by atoms with Crippen LogP contribution in [-0.4, -0.2) is 11.7 Å². The molecular formula is C20H42O. The van der Waals surface area contributed by atoms with Crippen LogP contribution in [0.15, 0.2) is 0 Å². The summed E-state index contributed by atoms with van der Waals surface area (Å²) in [5.74, 6) is 0. The van der Waals surface area contributed by atoms with Crippen LogP contribution in [0.25, 0.3) is 0 Å². The van der Waals surface area contributed by atoms with Crippen molar-refractivity contribution >= 4 is 0 Å². The van der Waals surface area contributed by atoms with E-state index in [9.17, 15) is 5.11 Å². The minimum atomic E-state index is 0.232. The van der Waals surface area contributed by atoms with Crippen molar-refractivity contribution in [2.75, 3.05) is 6.61 Å². The van der Waals surface area contributed by atoms with Gasteiger partial charge in [0.1, 0.15) is 0 Å². The number of rotatable bonds is 16. The molecule has 0 aromatic rings. The zero-order chi connectivity index (χ0) is 15.8. The summed E-state index contributed by atoms with van der Waals surface area (Å²) in [6.07, 6.45) is 20.1. The zero-order valence-electron chi connectivity index (χ0n) is 15.3. The van der Waals surface area contributed by atoms with Crippen molar-refractivity contribution in [3.05, 3.63) is 0 Å². The molecule has 0 heterocycles. The SMILES string of the molecule is CCCCCCCCCCCCC(CC)(CO)CCCC. The topological polar surface area (TPSA) is 20.2 Å². The van der Waals surface area contributed by atoms with E-state index in [4.69, 9.17) is 0 Å². The Balaban J connectivity index is 3.53. The summed E-state index contributed by atoms with van der Waals surface area (Å²) in [6, 6.07) is 0. The number of aliphatic hydroxyl groups is 1. The molecule has 0 bridgehead atoms.